The van der Waals surface area contributed by atoms with Crippen LogP contribution in [0.2, 0.25) is 0 Å². The average molecular weight is 256 g/mol. The molecule has 0 aliphatic carbocycles. The Hall–Kier alpha value is -2.03. The largest absolute Gasteiger partial charge is 0.496 e. The minimum absolute atomic E-state index is 0.578. The summed E-state index contributed by atoms with van der Waals surface area (Å²) >= 11 is 0. The Balaban J connectivity index is 2.39. The maximum absolute atomic E-state index is 5.42. The number of benzene rings is 1. The Morgan fingerprint density at radius 1 is 1.42 bits per heavy atom. The quantitative estimate of drug-likeness (QED) is 0.812. The van der Waals surface area contributed by atoms with Crippen LogP contribution in [0.15, 0.2) is 37.2 Å². The summed E-state index contributed by atoms with van der Waals surface area (Å²) in [6, 6.07) is 6.03. The van der Waals surface area contributed by atoms with Gasteiger partial charge in [-0.2, -0.15) is 5.10 Å². The highest BCUT2D eigenvalue weighted by Gasteiger charge is 2.09. The number of rotatable bonds is 5. The van der Waals surface area contributed by atoms with Crippen LogP contribution >= 0.6 is 0 Å². The van der Waals surface area contributed by atoms with Crippen molar-refractivity contribution >= 4 is 6.08 Å². The molecule has 0 amide bonds. The van der Waals surface area contributed by atoms with Crippen LogP contribution in [0.25, 0.3) is 17.2 Å². The van der Waals surface area contributed by atoms with Crippen molar-refractivity contribution < 1.29 is 4.74 Å². The van der Waals surface area contributed by atoms with Crippen molar-refractivity contribution in [2.75, 3.05) is 7.11 Å². The van der Waals surface area contributed by atoms with Gasteiger partial charge in [0.2, 0.25) is 0 Å². The summed E-state index contributed by atoms with van der Waals surface area (Å²) in [6.07, 6.45) is 5.78. The zero-order chi connectivity index (χ0) is 13.8. The molecule has 3 nitrogen and oxygen atoms in total. The minimum atomic E-state index is 0.578. The molecular weight excluding hydrogens is 236 g/mol. The molecule has 0 spiro atoms. The van der Waals surface area contributed by atoms with Gasteiger partial charge >= 0.3 is 0 Å². The van der Waals surface area contributed by atoms with Gasteiger partial charge in [0.1, 0.15) is 5.75 Å². The van der Waals surface area contributed by atoms with Crippen molar-refractivity contribution in [3.63, 3.8) is 0 Å². The van der Waals surface area contributed by atoms with Gasteiger partial charge in [0, 0.05) is 23.9 Å². The Bertz CT molecular complexity index is 570. The SMILES string of the molecule is C=Cc1ccc(OC)c(-c2cnn(CC(C)C)c2)c1. The van der Waals surface area contributed by atoms with Gasteiger partial charge in [-0.3, -0.25) is 4.68 Å². The standard InChI is InChI=1S/C16H20N2O/c1-5-13-6-7-16(19-4)15(8-13)14-9-17-18(11-14)10-12(2)3/h5-9,11-12H,1,10H2,2-4H3. The van der Waals surface area contributed by atoms with E-state index in [2.05, 4.69) is 37.8 Å². The van der Waals surface area contributed by atoms with Crippen molar-refractivity contribution in [3.05, 3.63) is 42.7 Å². The van der Waals surface area contributed by atoms with E-state index < -0.39 is 0 Å². The smallest absolute Gasteiger partial charge is 0.126 e. The number of aromatic nitrogens is 2. The first kappa shape index (κ1) is 13.4. The summed E-state index contributed by atoms with van der Waals surface area (Å²) in [7, 11) is 1.69. The molecule has 100 valence electrons. The van der Waals surface area contributed by atoms with E-state index in [0.717, 1.165) is 29.0 Å². The molecule has 0 unspecified atom stereocenters. The Kier molecular flexibility index (Phi) is 4.05. The highest BCUT2D eigenvalue weighted by atomic mass is 16.5. The minimum Gasteiger partial charge on any atom is -0.496 e. The molecule has 3 heteroatoms. The molecule has 0 aliphatic rings. The number of hydrogen-bond acceptors (Lipinski definition) is 2. The summed E-state index contributed by atoms with van der Waals surface area (Å²) in [5.74, 6) is 1.43. The second kappa shape index (κ2) is 5.74. The van der Waals surface area contributed by atoms with Crippen molar-refractivity contribution in [2.24, 2.45) is 5.92 Å². The van der Waals surface area contributed by atoms with Crippen LogP contribution in [0, 0.1) is 5.92 Å². The van der Waals surface area contributed by atoms with Gasteiger partial charge in [0.15, 0.2) is 0 Å². The Labute approximate surface area is 114 Å². The van der Waals surface area contributed by atoms with E-state index in [9.17, 15) is 0 Å². The number of ether oxygens (including phenoxy) is 1. The third-order valence-corrected chi connectivity index (χ3v) is 2.96. The van der Waals surface area contributed by atoms with Crippen molar-refractivity contribution in [2.45, 2.75) is 20.4 Å². The van der Waals surface area contributed by atoms with Gasteiger partial charge in [0.25, 0.3) is 0 Å². The first-order valence-corrected chi connectivity index (χ1v) is 6.47. The molecular formula is C16H20N2O. The van der Waals surface area contributed by atoms with Crippen LogP contribution in [0.1, 0.15) is 19.4 Å². The zero-order valence-corrected chi connectivity index (χ0v) is 11.8. The monoisotopic (exact) mass is 256 g/mol. The van der Waals surface area contributed by atoms with Gasteiger partial charge in [0.05, 0.1) is 13.3 Å². The maximum Gasteiger partial charge on any atom is 0.126 e. The summed E-state index contributed by atoms with van der Waals surface area (Å²) in [6.45, 7) is 9.09. The lowest BCUT2D eigenvalue weighted by Gasteiger charge is -2.08. The lowest BCUT2D eigenvalue weighted by molar-refractivity contribution is 0.416. The van der Waals surface area contributed by atoms with Crippen LogP contribution < -0.4 is 4.74 Å². The van der Waals surface area contributed by atoms with E-state index in [1.165, 1.54) is 0 Å². The molecule has 0 saturated carbocycles. The first-order valence-electron chi connectivity index (χ1n) is 6.47. The van der Waals surface area contributed by atoms with Crippen LogP contribution in [0.3, 0.4) is 0 Å². The molecule has 0 bridgehead atoms. The van der Waals surface area contributed by atoms with E-state index in [4.69, 9.17) is 4.74 Å². The fraction of sp³-hybridized carbons (Fsp3) is 0.312. The summed E-state index contributed by atoms with van der Waals surface area (Å²) in [5.41, 5.74) is 3.20. The van der Waals surface area contributed by atoms with E-state index >= 15 is 0 Å². The Morgan fingerprint density at radius 3 is 2.84 bits per heavy atom. The van der Waals surface area contributed by atoms with Crippen LogP contribution in [0.5, 0.6) is 5.75 Å². The third-order valence-electron chi connectivity index (χ3n) is 2.96. The highest BCUT2D eigenvalue weighted by molar-refractivity contribution is 5.72. The second-order valence-electron chi connectivity index (χ2n) is 5.01. The Morgan fingerprint density at radius 2 is 2.21 bits per heavy atom. The van der Waals surface area contributed by atoms with Crippen molar-refractivity contribution in [1.29, 1.82) is 0 Å². The topological polar surface area (TPSA) is 27.1 Å². The first-order chi connectivity index (χ1) is 9.13. The zero-order valence-electron chi connectivity index (χ0n) is 11.8. The second-order valence-corrected chi connectivity index (χ2v) is 5.01. The van der Waals surface area contributed by atoms with E-state index in [-0.39, 0.29) is 0 Å². The van der Waals surface area contributed by atoms with Crippen LogP contribution in [-0.4, -0.2) is 16.9 Å². The van der Waals surface area contributed by atoms with Crippen LogP contribution in [0.4, 0.5) is 0 Å². The van der Waals surface area contributed by atoms with Gasteiger partial charge in [-0.1, -0.05) is 32.6 Å². The van der Waals surface area contributed by atoms with E-state index in [0.29, 0.717) is 5.92 Å². The average Bonchev–Trinajstić information content (AvgIpc) is 2.85. The predicted molar refractivity (Wildman–Crippen MR) is 79.1 cm³/mol. The third kappa shape index (κ3) is 3.05. The molecule has 2 rings (SSSR count). The molecule has 2 aromatic rings. The lowest BCUT2D eigenvalue weighted by Crippen LogP contribution is -2.04. The van der Waals surface area contributed by atoms with E-state index in [1.807, 2.05) is 29.1 Å². The van der Waals surface area contributed by atoms with Crippen molar-refractivity contribution in [3.8, 4) is 16.9 Å². The molecule has 0 saturated heterocycles. The number of hydrogen-bond donors (Lipinski definition) is 0. The molecule has 0 radical (unpaired) electrons. The maximum atomic E-state index is 5.42. The predicted octanol–water partition coefficient (Wildman–Crippen LogP) is 3.86. The molecule has 0 atom stereocenters. The molecule has 0 fully saturated rings. The molecule has 19 heavy (non-hydrogen) atoms. The fourth-order valence-electron chi connectivity index (χ4n) is 2.05. The summed E-state index contributed by atoms with van der Waals surface area (Å²) < 4.78 is 7.39. The number of nitrogens with zero attached hydrogens (tertiary/aromatic N) is 2. The van der Waals surface area contributed by atoms with Gasteiger partial charge in [-0.15, -0.1) is 0 Å². The fourth-order valence-corrected chi connectivity index (χ4v) is 2.05. The number of methoxy groups -OCH3 is 1. The molecule has 1 heterocycles. The van der Waals surface area contributed by atoms with Crippen molar-refractivity contribution in [1.82, 2.24) is 9.78 Å². The molecule has 1 aromatic carbocycles. The lowest BCUT2D eigenvalue weighted by atomic mass is 10.0. The van der Waals surface area contributed by atoms with Gasteiger partial charge < -0.3 is 4.74 Å². The normalized spacial score (nSPS) is 10.7. The molecule has 0 aliphatic heterocycles. The summed E-state index contributed by atoms with van der Waals surface area (Å²) in [5, 5.41) is 4.40. The van der Waals surface area contributed by atoms with Crippen LogP contribution in [-0.2, 0) is 6.54 Å². The highest BCUT2D eigenvalue weighted by Crippen LogP contribution is 2.31. The van der Waals surface area contributed by atoms with Gasteiger partial charge in [-0.05, 0) is 23.6 Å². The molecule has 1 aromatic heterocycles. The van der Waals surface area contributed by atoms with E-state index in [1.54, 1.807) is 7.11 Å². The summed E-state index contributed by atoms with van der Waals surface area (Å²) in [4.78, 5) is 0. The molecule has 0 N–H and O–H groups in total. The van der Waals surface area contributed by atoms with Gasteiger partial charge in [-0.25, -0.2) is 0 Å².